The van der Waals surface area contributed by atoms with Crippen molar-refractivity contribution in [3.8, 4) is 0 Å². The number of likely N-dealkylation sites (tertiary alicyclic amines) is 1. The maximum Gasteiger partial charge on any atom is 0.329 e. The van der Waals surface area contributed by atoms with Gasteiger partial charge in [-0.3, -0.25) is 9.78 Å². The first-order valence-electron chi connectivity index (χ1n) is 6.17. The number of rotatable bonds is 3. The predicted octanol–water partition coefficient (Wildman–Crippen LogP) is 1.69. The number of carboxylic acid groups (broad SMARTS) is 1. The van der Waals surface area contributed by atoms with Crippen molar-refractivity contribution in [2.45, 2.75) is 31.7 Å². The van der Waals surface area contributed by atoms with Gasteiger partial charge in [0.1, 0.15) is 11.4 Å². The largest absolute Gasteiger partial charge is 0.479 e. The van der Waals surface area contributed by atoms with Crippen molar-refractivity contribution in [2.24, 2.45) is 0 Å². The van der Waals surface area contributed by atoms with Gasteiger partial charge in [-0.25, -0.2) is 9.18 Å². The van der Waals surface area contributed by atoms with Gasteiger partial charge in [0.15, 0.2) is 0 Å². The van der Waals surface area contributed by atoms with Gasteiger partial charge in [-0.05, 0) is 25.3 Å². The second-order valence-electron chi connectivity index (χ2n) is 4.64. The summed E-state index contributed by atoms with van der Waals surface area (Å²) in [4.78, 5) is 28.8. The molecule has 0 aliphatic carbocycles. The van der Waals surface area contributed by atoms with Crippen LogP contribution in [-0.4, -0.2) is 39.0 Å². The van der Waals surface area contributed by atoms with Crippen LogP contribution in [0.5, 0.6) is 0 Å². The molecule has 1 aliphatic heterocycles. The number of carbonyl (C=O) groups is 2. The van der Waals surface area contributed by atoms with E-state index in [-0.39, 0.29) is 5.56 Å². The van der Waals surface area contributed by atoms with E-state index >= 15 is 0 Å². The van der Waals surface area contributed by atoms with Crippen molar-refractivity contribution in [1.82, 2.24) is 9.88 Å². The molecule has 5 nitrogen and oxygen atoms in total. The van der Waals surface area contributed by atoms with Gasteiger partial charge in [-0.15, -0.1) is 0 Å². The normalized spacial score (nSPS) is 22.5. The number of hydrogen-bond donors (Lipinski definition) is 1. The zero-order valence-corrected chi connectivity index (χ0v) is 10.6. The van der Waals surface area contributed by atoms with E-state index in [1.165, 1.54) is 11.1 Å². The molecule has 1 N–H and O–H groups in total. The third-order valence-corrected chi connectivity index (χ3v) is 3.67. The summed E-state index contributed by atoms with van der Waals surface area (Å²) < 4.78 is 13.1. The lowest BCUT2D eigenvalue weighted by Gasteiger charge is -2.33. The molecule has 1 aromatic rings. The number of nitrogens with zero attached hydrogens (tertiary/aromatic N) is 2. The molecular formula is C13H15FN2O3. The second-order valence-corrected chi connectivity index (χ2v) is 4.64. The Labute approximate surface area is 110 Å². The smallest absolute Gasteiger partial charge is 0.329 e. The fraction of sp³-hybridized carbons (Fsp3) is 0.462. The Kier molecular flexibility index (Phi) is 3.50. The van der Waals surface area contributed by atoms with Crippen LogP contribution in [0.4, 0.5) is 4.39 Å². The van der Waals surface area contributed by atoms with Crippen LogP contribution in [0.25, 0.3) is 0 Å². The standard InChI is InChI=1S/C13H15FN2O3/c1-2-13(12(18)19)4-3-5-16(13)11(17)9-6-10(14)8-15-7-9/h6-8H,2-5H2,1H3,(H,18,19). The lowest BCUT2D eigenvalue weighted by atomic mass is 9.92. The lowest BCUT2D eigenvalue weighted by molar-refractivity contribution is -0.148. The van der Waals surface area contributed by atoms with Gasteiger partial charge in [0.2, 0.25) is 0 Å². The number of carboxylic acids is 1. The summed E-state index contributed by atoms with van der Waals surface area (Å²) in [6.07, 6.45) is 3.65. The Morgan fingerprint density at radius 1 is 1.53 bits per heavy atom. The summed E-state index contributed by atoms with van der Waals surface area (Å²) in [5.74, 6) is -2.10. The van der Waals surface area contributed by atoms with Gasteiger partial charge in [0, 0.05) is 12.7 Å². The van der Waals surface area contributed by atoms with E-state index in [1.54, 1.807) is 6.92 Å². The van der Waals surface area contributed by atoms with Crippen molar-refractivity contribution < 1.29 is 19.1 Å². The molecule has 19 heavy (non-hydrogen) atoms. The van der Waals surface area contributed by atoms with E-state index in [0.717, 1.165) is 12.3 Å². The minimum absolute atomic E-state index is 0.0842. The highest BCUT2D eigenvalue weighted by atomic mass is 19.1. The minimum atomic E-state index is -1.18. The maximum atomic E-state index is 13.1. The molecule has 1 saturated heterocycles. The molecule has 0 radical (unpaired) electrons. The molecule has 1 unspecified atom stereocenters. The first-order chi connectivity index (χ1) is 9.01. The van der Waals surface area contributed by atoms with Gasteiger partial charge in [-0.1, -0.05) is 6.92 Å². The fourth-order valence-electron chi connectivity index (χ4n) is 2.60. The molecular weight excluding hydrogens is 251 g/mol. The quantitative estimate of drug-likeness (QED) is 0.903. The number of pyridine rings is 1. The summed E-state index contributed by atoms with van der Waals surface area (Å²) in [6, 6.07) is 1.08. The Morgan fingerprint density at radius 2 is 2.26 bits per heavy atom. The molecule has 1 aromatic heterocycles. The van der Waals surface area contributed by atoms with Crippen molar-refractivity contribution in [2.75, 3.05) is 6.54 Å². The minimum Gasteiger partial charge on any atom is -0.479 e. The lowest BCUT2D eigenvalue weighted by Crippen LogP contribution is -2.52. The van der Waals surface area contributed by atoms with E-state index in [0.29, 0.717) is 25.8 Å². The highest BCUT2D eigenvalue weighted by molar-refractivity contribution is 5.98. The van der Waals surface area contributed by atoms with E-state index in [9.17, 15) is 19.1 Å². The summed E-state index contributed by atoms with van der Waals surface area (Å²) >= 11 is 0. The maximum absolute atomic E-state index is 13.1. The summed E-state index contributed by atoms with van der Waals surface area (Å²) in [7, 11) is 0. The Balaban J connectivity index is 2.35. The number of hydrogen-bond acceptors (Lipinski definition) is 3. The first-order valence-corrected chi connectivity index (χ1v) is 6.17. The monoisotopic (exact) mass is 266 g/mol. The molecule has 0 bridgehead atoms. The van der Waals surface area contributed by atoms with Gasteiger partial charge in [0.25, 0.3) is 5.91 Å². The fourth-order valence-corrected chi connectivity index (χ4v) is 2.60. The first kappa shape index (κ1) is 13.5. The molecule has 6 heteroatoms. The van der Waals surface area contributed by atoms with Crippen molar-refractivity contribution in [1.29, 1.82) is 0 Å². The third-order valence-electron chi connectivity index (χ3n) is 3.67. The molecule has 0 aromatic carbocycles. The molecule has 2 rings (SSSR count). The van der Waals surface area contributed by atoms with Gasteiger partial charge in [0.05, 0.1) is 11.8 Å². The molecule has 0 spiro atoms. The number of carbonyl (C=O) groups excluding carboxylic acids is 1. The van der Waals surface area contributed by atoms with Crippen LogP contribution in [0, 0.1) is 5.82 Å². The van der Waals surface area contributed by atoms with Crippen LogP contribution in [-0.2, 0) is 4.79 Å². The predicted molar refractivity (Wildman–Crippen MR) is 65.1 cm³/mol. The van der Waals surface area contributed by atoms with Crippen molar-refractivity contribution in [3.05, 3.63) is 29.8 Å². The van der Waals surface area contributed by atoms with Gasteiger partial charge in [-0.2, -0.15) is 0 Å². The van der Waals surface area contributed by atoms with E-state index in [2.05, 4.69) is 4.98 Å². The van der Waals surface area contributed by atoms with E-state index < -0.39 is 23.2 Å². The van der Waals surface area contributed by atoms with Crippen molar-refractivity contribution in [3.63, 3.8) is 0 Å². The highest BCUT2D eigenvalue weighted by Gasteiger charge is 2.48. The van der Waals surface area contributed by atoms with E-state index in [1.807, 2.05) is 0 Å². The van der Waals surface area contributed by atoms with Crippen LogP contribution in [0.1, 0.15) is 36.5 Å². The van der Waals surface area contributed by atoms with Gasteiger partial charge >= 0.3 is 5.97 Å². The highest BCUT2D eigenvalue weighted by Crippen LogP contribution is 2.34. The SMILES string of the molecule is CCC1(C(=O)O)CCCN1C(=O)c1cncc(F)c1. The topological polar surface area (TPSA) is 70.5 Å². The average Bonchev–Trinajstić information content (AvgIpc) is 2.82. The number of halogens is 1. The third kappa shape index (κ3) is 2.18. The van der Waals surface area contributed by atoms with E-state index in [4.69, 9.17) is 0 Å². The molecule has 1 atom stereocenters. The molecule has 1 fully saturated rings. The molecule has 2 heterocycles. The number of amides is 1. The van der Waals surface area contributed by atoms with Crippen LogP contribution >= 0.6 is 0 Å². The van der Waals surface area contributed by atoms with Crippen LogP contribution in [0.3, 0.4) is 0 Å². The van der Waals surface area contributed by atoms with Crippen molar-refractivity contribution >= 4 is 11.9 Å². The zero-order valence-electron chi connectivity index (χ0n) is 10.6. The Morgan fingerprint density at radius 3 is 2.84 bits per heavy atom. The zero-order chi connectivity index (χ0) is 14.0. The molecule has 0 saturated carbocycles. The second kappa shape index (κ2) is 4.95. The molecule has 1 aliphatic rings. The van der Waals surface area contributed by atoms with Crippen LogP contribution < -0.4 is 0 Å². The number of aromatic nitrogens is 1. The van der Waals surface area contributed by atoms with Crippen LogP contribution in [0.2, 0.25) is 0 Å². The Hall–Kier alpha value is -1.98. The number of aliphatic carboxylic acids is 1. The summed E-state index contributed by atoms with van der Waals surface area (Å²) in [5, 5.41) is 9.40. The Bertz CT molecular complexity index is 520. The summed E-state index contributed by atoms with van der Waals surface area (Å²) in [5.41, 5.74) is -1.09. The van der Waals surface area contributed by atoms with Gasteiger partial charge < -0.3 is 10.0 Å². The summed E-state index contributed by atoms with van der Waals surface area (Å²) in [6.45, 7) is 2.11. The average molecular weight is 266 g/mol. The molecule has 102 valence electrons. The molecule has 1 amide bonds. The van der Waals surface area contributed by atoms with Crippen LogP contribution in [0.15, 0.2) is 18.5 Å².